The van der Waals surface area contributed by atoms with Crippen molar-refractivity contribution in [3.05, 3.63) is 83.6 Å². The smallest absolute Gasteiger partial charge is 0.254 e. The fourth-order valence-electron chi connectivity index (χ4n) is 3.65. The number of amides is 1. The lowest BCUT2D eigenvalue weighted by Gasteiger charge is -2.32. The summed E-state index contributed by atoms with van der Waals surface area (Å²) in [6.07, 6.45) is 7.02. The van der Waals surface area contributed by atoms with Gasteiger partial charge in [0.15, 0.2) is 0 Å². The van der Waals surface area contributed by atoms with Crippen LogP contribution in [-0.4, -0.2) is 27.3 Å². The van der Waals surface area contributed by atoms with Crippen LogP contribution in [0.15, 0.2) is 59.4 Å². The van der Waals surface area contributed by atoms with Crippen LogP contribution in [0.5, 0.6) is 0 Å². The molecule has 6 heteroatoms. The highest BCUT2D eigenvalue weighted by atomic mass is 19.1. The molecule has 1 aliphatic heterocycles. The minimum absolute atomic E-state index is 0.0534. The number of carbonyl (C=O) groups is 1. The second-order valence-corrected chi connectivity index (χ2v) is 7.01. The molecule has 1 saturated heterocycles. The second kappa shape index (κ2) is 6.95. The van der Waals surface area contributed by atoms with Crippen molar-refractivity contribution in [1.29, 1.82) is 0 Å². The third kappa shape index (κ3) is 3.35. The summed E-state index contributed by atoms with van der Waals surface area (Å²) < 4.78 is 19.4. The molecular formula is C21H20FN3O2. The topological polar surface area (TPSA) is 59.2 Å². The molecule has 0 saturated carbocycles. The molecule has 2 aromatic heterocycles. The zero-order valence-corrected chi connectivity index (χ0v) is 15.1. The van der Waals surface area contributed by atoms with Gasteiger partial charge in [-0.1, -0.05) is 12.1 Å². The maximum Gasteiger partial charge on any atom is 0.254 e. The predicted molar refractivity (Wildman–Crippen MR) is 97.6 cm³/mol. The molecule has 27 heavy (non-hydrogen) atoms. The number of oxazole rings is 1. The minimum Gasteiger partial charge on any atom is -0.443 e. The summed E-state index contributed by atoms with van der Waals surface area (Å²) in [7, 11) is 0. The molecule has 3 aromatic rings. The molecule has 1 aromatic carbocycles. The van der Waals surface area contributed by atoms with Crippen molar-refractivity contribution < 1.29 is 13.6 Å². The van der Waals surface area contributed by atoms with E-state index in [1.807, 2.05) is 17.9 Å². The van der Waals surface area contributed by atoms with Crippen molar-refractivity contribution in [2.24, 2.45) is 0 Å². The molecule has 1 amide bonds. The van der Waals surface area contributed by atoms with Crippen molar-refractivity contribution in [2.45, 2.75) is 31.7 Å². The van der Waals surface area contributed by atoms with E-state index in [2.05, 4.69) is 9.97 Å². The van der Waals surface area contributed by atoms with E-state index in [-0.39, 0.29) is 11.7 Å². The Morgan fingerprint density at radius 3 is 2.89 bits per heavy atom. The van der Waals surface area contributed by atoms with Crippen LogP contribution >= 0.6 is 0 Å². The standard InChI is InChI=1S/C21H20FN3O2/c1-21(8-3-11-25(21)19(26)16-6-9-23-10-7-16)20-24-14-18(27-20)13-15-4-2-5-17(22)12-15/h2,4-7,9-10,12,14H,3,8,11,13H2,1H3. The van der Waals surface area contributed by atoms with E-state index in [1.54, 1.807) is 36.8 Å². The van der Waals surface area contributed by atoms with Crippen molar-refractivity contribution >= 4 is 5.91 Å². The van der Waals surface area contributed by atoms with Crippen LogP contribution in [0.4, 0.5) is 4.39 Å². The predicted octanol–water partition coefficient (Wildman–Crippen LogP) is 3.95. The van der Waals surface area contributed by atoms with E-state index in [0.29, 0.717) is 30.2 Å². The maximum atomic E-state index is 13.4. The Morgan fingerprint density at radius 2 is 2.11 bits per heavy atom. The van der Waals surface area contributed by atoms with Gasteiger partial charge in [0.25, 0.3) is 5.91 Å². The van der Waals surface area contributed by atoms with E-state index >= 15 is 0 Å². The number of carbonyl (C=O) groups excluding carboxylic acids is 1. The Bertz CT molecular complexity index is 957. The first-order valence-corrected chi connectivity index (χ1v) is 8.98. The molecule has 5 nitrogen and oxygen atoms in total. The van der Waals surface area contributed by atoms with Gasteiger partial charge >= 0.3 is 0 Å². The van der Waals surface area contributed by atoms with Crippen LogP contribution in [-0.2, 0) is 12.0 Å². The van der Waals surface area contributed by atoms with Gasteiger partial charge in [0.1, 0.15) is 17.1 Å². The van der Waals surface area contributed by atoms with E-state index in [4.69, 9.17) is 4.42 Å². The molecular weight excluding hydrogens is 345 g/mol. The number of hydrogen-bond donors (Lipinski definition) is 0. The molecule has 0 N–H and O–H groups in total. The number of halogens is 1. The van der Waals surface area contributed by atoms with E-state index in [1.165, 1.54) is 12.1 Å². The highest BCUT2D eigenvalue weighted by Gasteiger charge is 2.45. The molecule has 1 atom stereocenters. The summed E-state index contributed by atoms with van der Waals surface area (Å²) in [5.74, 6) is 0.847. The third-order valence-electron chi connectivity index (χ3n) is 5.10. The van der Waals surface area contributed by atoms with Gasteiger partial charge in [0, 0.05) is 30.9 Å². The average Bonchev–Trinajstić information content (AvgIpc) is 3.30. The molecule has 1 fully saturated rings. The Kier molecular flexibility index (Phi) is 4.48. The molecule has 1 aliphatic rings. The summed E-state index contributed by atoms with van der Waals surface area (Å²) >= 11 is 0. The minimum atomic E-state index is -0.597. The summed E-state index contributed by atoms with van der Waals surface area (Å²) in [4.78, 5) is 23.2. The maximum absolute atomic E-state index is 13.4. The van der Waals surface area contributed by atoms with Crippen LogP contribution in [0.3, 0.4) is 0 Å². The Labute approximate surface area is 156 Å². The number of nitrogens with zero attached hydrogens (tertiary/aromatic N) is 3. The molecule has 0 spiro atoms. The highest BCUT2D eigenvalue weighted by molar-refractivity contribution is 5.94. The largest absolute Gasteiger partial charge is 0.443 e. The van der Waals surface area contributed by atoms with Crippen LogP contribution in [0.1, 0.15) is 47.3 Å². The summed E-state index contributed by atoms with van der Waals surface area (Å²) in [5.41, 5.74) is 0.823. The molecule has 138 valence electrons. The van der Waals surface area contributed by atoms with Gasteiger partial charge in [-0.25, -0.2) is 9.37 Å². The summed E-state index contributed by atoms with van der Waals surface area (Å²) in [5, 5.41) is 0. The summed E-state index contributed by atoms with van der Waals surface area (Å²) in [6.45, 7) is 2.64. The van der Waals surface area contributed by atoms with Gasteiger partial charge in [-0.15, -0.1) is 0 Å². The summed E-state index contributed by atoms with van der Waals surface area (Å²) in [6, 6.07) is 9.85. The Balaban J connectivity index is 1.58. The van der Waals surface area contributed by atoms with Crippen LogP contribution in [0, 0.1) is 5.82 Å². The number of rotatable bonds is 4. The first-order chi connectivity index (χ1) is 13.1. The Morgan fingerprint density at radius 1 is 1.30 bits per heavy atom. The lowest BCUT2D eigenvalue weighted by molar-refractivity contribution is 0.0563. The van der Waals surface area contributed by atoms with Gasteiger partial charge in [0.2, 0.25) is 5.89 Å². The normalized spacial score (nSPS) is 19.4. The third-order valence-corrected chi connectivity index (χ3v) is 5.10. The molecule has 1 unspecified atom stereocenters. The molecule has 0 radical (unpaired) electrons. The lowest BCUT2D eigenvalue weighted by Crippen LogP contribution is -2.43. The van der Waals surface area contributed by atoms with Gasteiger partial charge in [0.05, 0.1) is 6.20 Å². The van der Waals surface area contributed by atoms with E-state index in [0.717, 1.165) is 18.4 Å². The van der Waals surface area contributed by atoms with Crippen LogP contribution in [0.2, 0.25) is 0 Å². The second-order valence-electron chi connectivity index (χ2n) is 7.01. The quantitative estimate of drug-likeness (QED) is 0.702. The average molecular weight is 365 g/mol. The Hall–Kier alpha value is -3.02. The number of hydrogen-bond acceptors (Lipinski definition) is 4. The number of likely N-dealkylation sites (tertiary alicyclic amines) is 1. The fourth-order valence-corrected chi connectivity index (χ4v) is 3.65. The van der Waals surface area contributed by atoms with Crippen LogP contribution in [0.25, 0.3) is 0 Å². The number of benzene rings is 1. The van der Waals surface area contributed by atoms with Gasteiger partial charge < -0.3 is 9.32 Å². The van der Waals surface area contributed by atoms with E-state index < -0.39 is 5.54 Å². The van der Waals surface area contributed by atoms with Gasteiger partial charge in [-0.2, -0.15) is 0 Å². The first-order valence-electron chi connectivity index (χ1n) is 8.98. The zero-order valence-electron chi connectivity index (χ0n) is 15.1. The first kappa shape index (κ1) is 17.4. The number of pyridine rings is 1. The number of aromatic nitrogens is 2. The van der Waals surface area contributed by atoms with Crippen molar-refractivity contribution in [1.82, 2.24) is 14.9 Å². The highest BCUT2D eigenvalue weighted by Crippen LogP contribution is 2.39. The van der Waals surface area contributed by atoms with Crippen molar-refractivity contribution in [3.63, 3.8) is 0 Å². The van der Waals surface area contributed by atoms with Gasteiger partial charge in [-0.05, 0) is 49.6 Å². The molecule has 0 bridgehead atoms. The van der Waals surface area contributed by atoms with E-state index in [9.17, 15) is 9.18 Å². The molecule has 0 aliphatic carbocycles. The van der Waals surface area contributed by atoms with Gasteiger partial charge in [-0.3, -0.25) is 9.78 Å². The van der Waals surface area contributed by atoms with Crippen molar-refractivity contribution in [3.8, 4) is 0 Å². The monoisotopic (exact) mass is 365 g/mol. The zero-order chi connectivity index (χ0) is 18.9. The fraction of sp³-hybridized carbons (Fsp3) is 0.286. The SMILES string of the molecule is CC1(c2ncc(Cc3cccc(F)c3)o2)CCCN1C(=O)c1ccncc1. The van der Waals surface area contributed by atoms with Crippen molar-refractivity contribution in [2.75, 3.05) is 6.54 Å². The molecule has 3 heterocycles. The molecule has 4 rings (SSSR count). The van der Waals surface area contributed by atoms with Crippen LogP contribution < -0.4 is 0 Å². The lowest BCUT2D eigenvalue weighted by atomic mass is 9.98.